The Labute approximate surface area is 220 Å². The Balaban J connectivity index is 1.27. The van der Waals surface area contributed by atoms with Crippen molar-refractivity contribution in [1.82, 2.24) is 9.97 Å². The first-order valence-corrected chi connectivity index (χ1v) is 13.0. The van der Waals surface area contributed by atoms with Crippen molar-refractivity contribution in [3.8, 4) is 33.4 Å². The van der Waals surface area contributed by atoms with Crippen molar-refractivity contribution in [2.45, 2.75) is 0 Å². The van der Waals surface area contributed by atoms with Crippen LogP contribution in [0.5, 0.6) is 0 Å². The molecule has 0 saturated heterocycles. The van der Waals surface area contributed by atoms with E-state index in [-0.39, 0.29) is 0 Å². The monoisotopic (exact) mass is 484 g/mol. The molecule has 0 unspecified atom stereocenters. The average molecular weight is 485 g/mol. The molecule has 2 heterocycles. The van der Waals surface area contributed by atoms with Crippen LogP contribution in [-0.2, 0) is 0 Å². The first-order chi connectivity index (χ1) is 18.8. The van der Waals surface area contributed by atoms with Gasteiger partial charge in [0.05, 0.1) is 0 Å². The molecule has 0 fully saturated rings. The molecule has 0 bridgehead atoms. The number of aromatic amines is 2. The minimum absolute atomic E-state index is 1.16. The van der Waals surface area contributed by atoms with Crippen molar-refractivity contribution in [3.05, 3.63) is 133 Å². The van der Waals surface area contributed by atoms with Gasteiger partial charge in [-0.2, -0.15) is 0 Å². The molecule has 0 aliphatic rings. The van der Waals surface area contributed by atoms with Gasteiger partial charge in [-0.05, 0) is 81.9 Å². The van der Waals surface area contributed by atoms with E-state index in [1.165, 1.54) is 54.9 Å². The second-order valence-corrected chi connectivity index (χ2v) is 10.0. The van der Waals surface area contributed by atoms with Crippen LogP contribution < -0.4 is 0 Å². The van der Waals surface area contributed by atoms with Gasteiger partial charge in [-0.3, -0.25) is 0 Å². The van der Waals surface area contributed by atoms with Crippen LogP contribution in [0.3, 0.4) is 0 Å². The first-order valence-electron chi connectivity index (χ1n) is 13.0. The van der Waals surface area contributed by atoms with Gasteiger partial charge in [0.25, 0.3) is 0 Å². The summed E-state index contributed by atoms with van der Waals surface area (Å²) >= 11 is 0. The van der Waals surface area contributed by atoms with E-state index < -0.39 is 0 Å². The van der Waals surface area contributed by atoms with Crippen molar-refractivity contribution < 1.29 is 0 Å². The number of H-pyrrole nitrogens is 2. The minimum Gasteiger partial charge on any atom is -0.355 e. The van der Waals surface area contributed by atoms with Crippen LogP contribution >= 0.6 is 0 Å². The molecule has 178 valence electrons. The molecule has 2 aromatic heterocycles. The zero-order valence-corrected chi connectivity index (χ0v) is 20.7. The molecular weight excluding hydrogens is 460 g/mol. The summed E-state index contributed by atoms with van der Waals surface area (Å²) in [5.41, 5.74) is 12.0. The van der Waals surface area contributed by atoms with Crippen LogP contribution in [-0.4, -0.2) is 9.97 Å². The molecule has 0 aliphatic heterocycles. The smallest absolute Gasteiger partial charge is 0.0465 e. The number of nitrogens with one attached hydrogen (secondary N) is 2. The summed E-state index contributed by atoms with van der Waals surface area (Å²) in [6.07, 6.45) is 0. The van der Waals surface area contributed by atoms with Crippen molar-refractivity contribution in [2.75, 3.05) is 0 Å². The van der Waals surface area contributed by atoms with Crippen LogP contribution in [0, 0.1) is 0 Å². The maximum absolute atomic E-state index is 3.60. The highest BCUT2D eigenvalue weighted by Gasteiger charge is 2.11. The second kappa shape index (κ2) is 8.22. The lowest BCUT2D eigenvalue weighted by molar-refractivity contribution is 1.53. The van der Waals surface area contributed by atoms with Crippen LogP contribution in [0.4, 0.5) is 0 Å². The number of fused-ring (bicyclic) bond motifs is 6. The molecule has 0 spiro atoms. The lowest BCUT2D eigenvalue weighted by atomic mass is 9.98. The van der Waals surface area contributed by atoms with Gasteiger partial charge in [0.2, 0.25) is 0 Å². The fourth-order valence-corrected chi connectivity index (χ4v) is 5.77. The highest BCUT2D eigenvalue weighted by Crippen LogP contribution is 2.36. The molecule has 6 aromatic carbocycles. The summed E-state index contributed by atoms with van der Waals surface area (Å²) in [4.78, 5) is 7.20. The summed E-state index contributed by atoms with van der Waals surface area (Å²) in [6, 6.07) is 48.1. The van der Waals surface area contributed by atoms with E-state index in [1.54, 1.807) is 0 Å². The summed E-state index contributed by atoms with van der Waals surface area (Å²) < 4.78 is 0. The lowest BCUT2D eigenvalue weighted by Crippen LogP contribution is -1.80. The molecule has 2 nitrogen and oxygen atoms in total. The fraction of sp³-hybridized carbons (Fsp3) is 0. The fourth-order valence-electron chi connectivity index (χ4n) is 5.77. The third kappa shape index (κ3) is 3.35. The molecule has 8 aromatic rings. The van der Waals surface area contributed by atoms with Gasteiger partial charge in [0.15, 0.2) is 0 Å². The van der Waals surface area contributed by atoms with E-state index in [0.717, 1.165) is 22.1 Å². The number of hydrogen-bond acceptors (Lipinski definition) is 0. The zero-order valence-electron chi connectivity index (χ0n) is 20.7. The standard InChI is InChI=1S/C36H24N2/c1-3-7-23(8-4-1)25-11-15-33-29(19-25)31-21-27(13-17-35(31)37-33)28-14-18-36-32(22-28)30-20-26(12-16-34(30)38-36)24-9-5-2-6-10-24/h1-22,37-38H. The predicted octanol–water partition coefficient (Wildman–Crippen LogP) is 9.96. The summed E-state index contributed by atoms with van der Waals surface area (Å²) in [6.45, 7) is 0. The quantitative estimate of drug-likeness (QED) is 0.250. The number of benzene rings is 6. The third-order valence-electron chi connectivity index (χ3n) is 7.74. The van der Waals surface area contributed by atoms with Gasteiger partial charge in [0.1, 0.15) is 0 Å². The van der Waals surface area contributed by atoms with E-state index >= 15 is 0 Å². The Morgan fingerprint density at radius 1 is 0.263 bits per heavy atom. The van der Waals surface area contributed by atoms with E-state index in [0.29, 0.717) is 0 Å². The van der Waals surface area contributed by atoms with Gasteiger partial charge < -0.3 is 9.97 Å². The van der Waals surface area contributed by atoms with Crippen LogP contribution in [0.15, 0.2) is 133 Å². The van der Waals surface area contributed by atoms with Crippen molar-refractivity contribution in [2.24, 2.45) is 0 Å². The second-order valence-electron chi connectivity index (χ2n) is 10.0. The molecule has 38 heavy (non-hydrogen) atoms. The van der Waals surface area contributed by atoms with Gasteiger partial charge in [-0.25, -0.2) is 0 Å². The third-order valence-corrected chi connectivity index (χ3v) is 7.74. The predicted molar refractivity (Wildman–Crippen MR) is 161 cm³/mol. The summed E-state index contributed by atoms with van der Waals surface area (Å²) in [7, 11) is 0. The molecule has 0 saturated carbocycles. The Bertz CT molecular complexity index is 1960. The Morgan fingerprint density at radius 2 is 0.553 bits per heavy atom. The van der Waals surface area contributed by atoms with Crippen molar-refractivity contribution >= 4 is 43.6 Å². The number of aromatic nitrogens is 2. The SMILES string of the molecule is c1ccc(-c2ccc3[nH]c4ccc(-c5ccc6[nH]c7ccc(-c8ccccc8)cc7c6c5)cc4c3c2)cc1. The highest BCUT2D eigenvalue weighted by molar-refractivity contribution is 6.12. The van der Waals surface area contributed by atoms with Crippen LogP contribution in [0.25, 0.3) is 77.0 Å². The summed E-state index contributed by atoms with van der Waals surface area (Å²) in [5, 5.41) is 5.01. The molecular formula is C36H24N2. The molecule has 2 N–H and O–H groups in total. The maximum atomic E-state index is 3.60. The number of hydrogen-bond donors (Lipinski definition) is 2. The Kier molecular flexibility index (Phi) is 4.55. The van der Waals surface area contributed by atoms with Gasteiger partial charge >= 0.3 is 0 Å². The van der Waals surface area contributed by atoms with E-state index in [2.05, 4.69) is 143 Å². The van der Waals surface area contributed by atoms with Crippen LogP contribution in [0.1, 0.15) is 0 Å². The zero-order chi connectivity index (χ0) is 25.1. The van der Waals surface area contributed by atoms with Gasteiger partial charge in [-0.1, -0.05) is 84.9 Å². The normalized spacial score (nSPS) is 11.7. The summed E-state index contributed by atoms with van der Waals surface area (Å²) in [5.74, 6) is 0. The first kappa shape index (κ1) is 21.0. The topological polar surface area (TPSA) is 31.6 Å². The molecule has 0 aliphatic carbocycles. The molecule has 0 radical (unpaired) electrons. The van der Waals surface area contributed by atoms with Crippen molar-refractivity contribution in [1.29, 1.82) is 0 Å². The lowest BCUT2D eigenvalue weighted by Gasteiger charge is -2.05. The highest BCUT2D eigenvalue weighted by atomic mass is 14.7. The van der Waals surface area contributed by atoms with E-state index in [9.17, 15) is 0 Å². The molecule has 0 amide bonds. The van der Waals surface area contributed by atoms with Gasteiger partial charge in [-0.15, -0.1) is 0 Å². The molecule has 0 atom stereocenters. The van der Waals surface area contributed by atoms with Crippen LogP contribution in [0.2, 0.25) is 0 Å². The maximum Gasteiger partial charge on any atom is 0.0465 e. The average Bonchev–Trinajstić information content (AvgIpc) is 3.54. The largest absolute Gasteiger partial charge is 0.355 e. The molecule has 8 rings (SSSR count). The van der Waals surface area contributed by atoms with E-state index in [4.69, 9.17) is 0 Å². The van der Waals surface area contributed by atoms with Crippen molar-refractivity contribution in [3.63, 3.8) is 0 Å². The number of rotatable bonds is 3. The minimum atomic E-state index is 1.16. The Hall–Kier alpha value is -5.08. The molecule has 2 heteroatoms. The van der Waals surface area contributed by atoms with Gasteiger partial charge in [0, 0.05) is 43.6 Å². The van der Waals surface area contributed by atoms with E-state index in [1.807, 2.05) is 0 Å². The Morgan fingerprint density at radius 3 is 0.868 bits per heavy atom.